The molecule has 1 aliphatic rings. The Hall–Kier alpha value is -2.66. The third-order valence-corrected chi connectivity index (χ3v) is 6.68. The van der Waals surface area contributed by atoms with Crippen molar-refractivity contribution in [2.24, 2.45) is 5.92 Å². The van der Waals surface area contributed by atoms with Crippen molar-refractivity contribution < 1.29 is 4.39 Å². The third-order valence-electron chi connectivity index (χ3n) is 6.57. The van der Waals surface area contributed by atoms with Crippen molar-refractivity contribution in [2.45, 2.75) is 51.5 Å². The summed E-state index contributed by atoms with van der Waals surface area (Å²) < 4.78 is 15.6. The lowest BCUT2D eigenvalue weighted by atomic mass is 9.75. The topological polar surface area (TPSA) is 50.7 Å². The molecule has 1 atom stereocenters. The first-order chi connectivity index (χ1) is 14.9. The van der Waals surface area contributed by atoms with Crippen LogP contribution in [0.15, 0.2) is 46.9 Å². The Balaban J connectivity index is 1.54. The van der Waals surface area contributed by atoms with Crippen molar-refractivity contribution in [1.82, 2.24) is 14.8 Å². The Labute approximate surface area is 186 Å². The molecule has 0 amide bonds. The van der Waals surface area contributed by atoms with Gasteiger partial charge in [0.1, 0.15) is 5.82 Å². The van der Waals surface area contributed by atoms with Crippen LogP contribution in [0.3, 0.4) is 0 Å². The van der Waals surface area contributed by atoms with Crippen LogP contribution in [-0.2, 0) is 0 Å². The number of rotatable bonds is 5. The van der Waals surface area contributed by atoms with Gasteiger partial charge in [-0.2, -0.15) is 0 Å². The number of hydrogen-bond acceptors (Lipinski definition) is 2. The van der Waals surface area contributed by atoms with Crippen LogP contribution in [0.4, 0.5) is 4.39 Å². The number of aromatic nitrogens is 3. The number of allylic oxidation sites excluding steroid dienone is 1. The van der Waals surface area contributed by atoms with Gasteiger partial charge in [-0.3, -0.25) is 14.9 Å². The fourth-order valence-electron chi connectivity index (χ4n) is 4.90. The van der Waals surface area contributed by atoms with Crippen molar-refractivity contribution in [3.8, 4) is 0 Å². The van der Waals surface area contributed by atoms with Gasteiger partial charge >= 0.3 is 0 Å². The molecule has 0 spiro atoms. The number of halogens is 2. The first-order valence-corrected chi connectivity index (χ1v) is 11.1. The van der Waals surface area contributed by atoms with Crippen molar-refractivity contribution in [3.63, 3.8) is 0 Å². The minimum Gasteiger partial charge on any atom is -0.295 e. The number of pyridine rings is 1. The van der Waals surface area contributed by atoms with Crippen molar-refractivity contribution in [3.05, 3.63) is 75.1 Å². The van der Waals surface area contributed by atoms with Crippen LogP contribution in [0.2, 0.25) is 0 Å². The second-order valence-corrected chi connectivity index (χ2v) is 9.06. The summed E-state index contributed by atoms with van der Waals surface area (Å²) in [6.45, 7) is 7.65. The molecule has 0 saturated heterocycles. The molecule has 3 aromatic rings. The van der Waals surface area contributed by atoms with Gasteiger partial charge in [0.15, 0.2) is 0 Å². The van der Waals surface area contributed by atoms with Gasteiger partial charge in [-0.15, -0.1) is 0 Å². The normalized spacial score (nSPS) is 20.7. The Morgan fingerprint density at radius 1 is 1.32 bits per heavy atom. The first-order valence-electron chi connectivity index (χ1n) is 10.7. The van der Waals surface area contributed by atoms with Gasteiger partial charge in [-0.25, -0.2) is 9.07 Å². The fraction of sp³-hybridized carbons (Fsp3) is 0.360. The number of aromatic amines is 1. The van der Waals surface area contributed by atoms with Gasteiger partial charge in [0.2, 0.25) is 0 Å². The second-order valence-electron chi connectivity index (χ2n) is 8.46. The third kappa shape index (κ3) is 4.24. The molecule has 0 radical (unpaired) electrons. The van der Waals surface area contributed by atoms with Gasteiger partial charge in [0.25, 0.3) is 5.56 Å². The number of H-pyrrole nitrogens is 1. The minimum atomic E-state index is -0.231. The molecule has 31 heavy (non-hydrogen) atoms. The lowest BCUT2D eigenvalue weighted by molar-refractivity contribution is 0.232. The van der Waals surface area contributed by atoms with E-state index in [1.54, 1.807) is 35.9 Å². The predicted octanol–water partition coefficient (Wildman–Crippen LogP) is 6.64. The molecule has 0 bridgehead atoms. The van der Waals surface area contributed by atoms with E-state index in [-0.39, 0.29) is 17.4 Å². The molecule has 1 aliphatic carbocycles. The van der Waals surface area contributed by atoms with Gasteiger partial charge in [-0.05, 0) is 87.3 Å². The van der Waals surface area contributed by atoms with E-state index in [9.17, 15) is 9.18 Å². The maximum atomic E-state index is 13.8. The van der Waals surface area contributed by atoms with Gasteiger partial charge in [-0.1, -0.05) is 24.3 Å². The van der Waals surface area contributed by atoms with Crippen LogP contribution in [0.5, 0.6) is 0 Å². The maximum absolute atomic E-state index is 13.8. The molecular weight excluding hydrogens is 413 g/mol. The molecule has 0 unspecified atom stereocenters. The summed E-state index contributed by atoms with van der Waals surface area (Å²) in [6.07, 6.45) is 9.16. The maximum Gasteiger partial charge on any atom is 0.274 e. The highest BCUT2D eigenvalue weighted by Crippen LogP contribution is 2.41. The Bertz CT molecular complexity index is 1200. The van der Waals surface area contributed by atoms with E-state index in [2.05, 4.69) is 23.6 Å². The molecule has 2 heterocycles. The summed E-state index contributed by atoms with van der Waals surface area (Å²) >= 11 is 6.02. The van der Waals surface area contributed by atoms with Gasteiger partial charge in [0.05, 0.1) is 22.8 Å². The second kappa shape index (κ2) is 8.83. The largest absolute Gasteiger partial charge is 0.295 e. The molecule has 2 aromatic heterocycles. The fourth-order valence-corrected chi connectivity index (χ4v) is 5.01. The van der Waals surface area contributed by atoms with E-state index in [1.165, 1.54) is 11.6 Å². The van der Waals surface area contributed by atoms with Gasteiger partial charge < -0.3 is 0 Å². The molecule has 1 N–H and O–H groups in total. The summed E-state index contributed by atoms with van der Waals surface area (Å²) in [5, 5.41) is 4.73. The van der Waals surface area contributed by atoms with Crippen molar-refractivity contribution in [1.29, 1.82) is 0 Å². The highest BCUT2D eigenvalue weighted by Gasteiger charge is 2.29. The SMILES string of the molecule is C=Cc1c(/C=C(\C)Cl)[nH]n([C@H](C)C2CCC(c3ccnc4ccc(F)cc34)CC2)c1=O. The summed E-state index contributed by atoms with van der Waals surface area (Å²) in [4.78, 5) is 17.3. The van der Waals surface area contributed by atoms with Crippen LogP contribution >= 0.6 is 11.6 Å². The Morgan fingerprint density at radius 3 is 2.74 bits per heavy atom. The smallest absolute Gasteiger partial charge is 0.274 e. The average Bonchev–Trinajstić information content (AvgIpc) is 3.07. The highest BCUT2D eigenvalue weighted by molar-refractivity contribution is 6.31. The Kier molecular flexibility index (Phi) is 6.15. The standard InChI is InChI=1S/C25H27ClFN3O/c1-4-20-24(13-15(2)26)29-30(25(20)31)16(3)17-5-7-18(8-6-17)21-11-12-28-23-10-9-19(27)14-22(21)23/h4,9-14,16-18,29H,1,5-8H2,2-3H3/b15-13+/t16-,17?,18?/m1/s1. The summed E-state index contributed by atoms with van der Waals surface area (Å²) in [7, 11) is 0. The molecule has 4 rings (SSSR count). The molecule has 162 valence electrons. The molecule has 4 nitrogen and oxygen atoms in total. The Morgan fingerprint density at radius 2 is 2.06 bits per heavy atom. The van der Waals surface area contributed by atoms with Crippen LogP contribution in [0, 0.1) is 11.7 Å². The molecular formula is C25H27ClFN3O. The zero-order chi connectivity index (χ0) is 22.1. The molecule has 1 saturated carbocycles. The zero-order valence-corrected chi connectivity index (χ0v) is 18.6. The number of benzene rings is 1. The van der Waals surface area contributed by atoms with Crippen molar-refractivity contribution in [2.75, 3.05) is 0 Å². The molecule has 0 aliphatic heterocycles. The highest BCUT2D eigenvalue weighted by atomic mass is 35.5. The summed E-state index contributed by atoms with van der Waals surface area (Å²) in [5.74, 6) is 0.520. The lowest BCUT2D eigenvalue weighted by Gasteiger charge is -2.33. The van der Waals surface area contributed by atoms with Crippen LogP contribution in [0.1, 0.15) is 68.3 Å². The number of hydrogen-bond donors (Lipinski definition) is 1. The van der Waals surface area contributed by atoms with E-state index >= 15 is 0 Å². The van der Waals surface area contributed by atoms with Crippen LogP contribution in [0.25, 0.3) is 23.1 Å². The molecule has 1 fully saturated rings. The van der Waals surface area contributed by atoms with Crippen molar-refractivity contribution >= 4 is 34.7 Å². The zero-order valence-electron chi connectivity index (χ0n) is 17.9. The number of fused-ring (bicyclic) bond motifs is 1. The lowest BCUT2D eigenvalue weighted by Crippen LogP contribution is -2.29. The summed E-state index contributed by atoms with van der Waals surface area (Å²) in [6, 6.07) is 6.85. The minimum absolute atomic E-state index is 0.0385. The summed E-state index contributed by atoms with van der Waals surface area (Å²) in [5.41, 5.74) is 3.18. The van der Waals surface area contributed by atoms with E-state index in [0.29, 0.717) is 28.1 Å². The molecule has 6 heteroatoms. The predicted molar refractivity (Wildman–Crippen MR) is 126 cm³/mol. The molecule has 1 aromatic carbocycles. The van der Waals surface area contributed by atoms with Crippen LogP contribution in [-0.4, -0.2) is 14.8 Å². The average molecular weight is 440 g/mol. The first kappa shape index (κ1) is 21.6. The van der Waals surface area contributed by atoms with E-state index in [1.807, 2.05) is 12.3 Å². The van der Waals surface area contributed by atoms with E-state index in [4.69, 9.17) is 11.6 Å². The van der Waals surface area contributed by atoms with E-state index in [0.717, 1.165) is 36.6 Å². The van der Waals surface area contributed by atoms with Gasteiger partial charge in [0, 0.05) is 16.6 Å². The number of nitrogens with one attached hydrogen (secondary N) is 1. The monoisotopic (exact) mass is 439 g/mol. The van der Waals surface area contributed by atoms with E-state index < -0.39 is 0 Å². The van der Waals surface area contributed by atoms with Crippen LogP contribution < -0.4 is 5.56 Å². The quantitative estimate of drug-likeness (QED) is 0.484. The number of nitrogens with zero attached hydrogens (tertiary/aromatic N) is 2.